The lowest BCUT2D eigenvalue weighted by Gasteiger charge is -2.20. The standard InChI is InChI=1S/C21H30N2/c1-5-14-9-11-20(22)16(7-3)18(14)13-19-15(6-2)10-12-21(23)17(19)8-4/h9-12H,5-8,13,22-23H2,1-4H3. The Bertz CT molecular complexity index is 627. The summed E-state index contributed by atoms with van der Waals surface area (Å²) in [5.41, 5.74) is 22.6. The Morgan fingerprint density at radius 3 is 1.26 bits per heavy atom. The lowest BCUT2D eigenvalue weighted by Crippen LogP contribution is -2.09. The highest BCUT2D eigenvalue weighted by Crippen LogP contribution is 2.30. The van der Waals surface area contributed by atoms with Gasteiger partial charge < -0.3 is 11.5 Å². The molecule has 0 bridgehead atoms. The lowest BCUT2D eigenvalue weighted by molar-refractivity contribution is 0.959. The third-order valence-electron chi connectivity index (χ3n) is 4.95. The summed E-state index contributed by atoms with van der Waals surface area (Å²) >= 11 is 0. The first kappa shape index (κ1) is 17.4. The van der Waals surface area contributed by atoms with Crippen LogP contribution in [0.4, 0.5) is 11.4 Å². The number of aryl methyl sites for hydroxylation is 2. The summed E-state index contributed by atoms with van der Waals surface area (Å²) in [4.78, 5) is 0. The van der Waals surface area contributed by atoms with Crippen molar-refractivity contribution in [1.82, 2.24) is 0 Å². The molecule has 0 heterocycles. The van der Waals surface area contributed by atoms with E-state index in [9.17, 15) is 0 Å². The van der Waals surface area contributed by atoms with Gasteiger partial charge in [-0.05, 0) is 77.6 Å². The van der Waals surface area contributed by atoms with E-state index in [0.29, 0.717) is 0 Å². The Kier molecular flexibility index (Phi) is 5.70. The van der Waals surface area contributed by atoms with Crippen molar-refractivity contribution in [1.29, 1.82) is 0 Å². The van der Waals surface area contributed by atoms with Crippen molar-refractivity contribution in [3.8, 4) is 0 Å². The van der Waals surface area contributed by atoms with E-state index in [1.165, 1.54) is 33.4 Å². The van der Waals surface area contributed by atoms with Crippen LogP contribution < -0.4 is 11.5 Å². The molecule has 0 atom stereocenters. The fourth-order valence-electron chi connectivity index (χ4n) is 3.63. The Morgan fingerprint density at radius 1 is 0.565 bits per heavy atom. The van der Waals surface area contributed by atoms with Crippen LogP contribution in [0.25, 0.3) is 0 Å². The number of hydrogen-bond donors (Lipinski definition) is 2. The smallest absolute Gasteiger partial charge is 0.0349 e. The molecule has 2 nitrogen and oxygen atoms in total. The van der Waals surface area contributed by atoms with Crippen LogP contribution in [0.2, 0.25) is 0 Å². The number of nitrogen functional groups attached to an aromatic ring is 2. The number of hydrogen-bond acceptors (Lipinski definition) is 2. The normalized spacial score (nSPS) is 11.0. The molecule has 0 spiro atoms. The Labute approximate surface area is 140 Å². The molecule has 2 aromatic carbocycles. The molecule has 0 aliphatic heterocycles. The molecule has 4 N–H and O–H groups in total. The van der Waals surface area contributed by atoms with Crippen molar-refractivity contribution < 1.29 is 0 Å². The van der Waals surface area contributed by atoms with Crippen molar-refractivity contribution in [2.45, 2.75) is 59.8 Å². The first-order valence-electron chi connectivity index (χ1n) is 8.85. The topological polar surface area (TPSA) is 52.0 Å². The van der Waals surface area contributed by atoms with Gasteiger partial charge in [0.1, 0.15) is 0 Å². The molecule has 2 aromatic rings. The average Bonchev–Trinajstić information content (AvgIpc) is 2.56. The minimum Gasteiger partial charge on any atom is -0.398 e. The van der Waals surface area contributed by atoms with Gasteiger partial charge in [-0.25, -0.2) is 0 Å². The van der Waals surface area contributed by atoms with Crippen molar-refractivity contribution in [3.63, 3.8) is 0 Å². The molecule has 0 unspecified atom stereocenters. The van der Waals surface area contributed by atoms with Crippen molar-refractivity contribution >= 4 is 11.4 Å². The van der Waals surface area contributed by atoms with Gasteiger partial charge in [-0.15, -0.1) is 0 Å². The second-order valence-electron chi connectivity index (χ2n) is 6.13. The van der Waals surface area contributed by atoms with E-state index in [4.69, 9.17) is 11.5 Å². The fraction of sp³-hybridized carbons (Fsp3) is 0.429. The molecule has 124 valence electrons. The predicted molar refractivity (Wildman–Crippen MR) is 102 cm³/mol. The van der Waals surface area contributed by atoms with Gasteiger partial charge in [0.05, 0.1) is 0 Å². The summed E-state index contributed by atoms with van der Waals surface area (Å²) in [7, 11) is 0. The highest BCUT2D eigenvalue weighted by atomic mass is 14.6. The molecule has 0 radical (unpaired) electrons. The Morgan fingerprint density at radius 2 is 0.957 bits per heavy atom. The molecule has 0 aromatic heterocycles. The zero-order valence-corrected chi connectivity index (χ0v) is 15.0. The molecule has 2 rings (SSSR count). The molecule has 0 saturated carbocycles. The molecule has 0 aliphatic carbocycles. The molecule has 0 fully saturated rings. The van der Waals surface area contributed by atoms with Crippen LogP contribution in [0, 0.1) is 0 Å². The highest BCUT2D eigenvalue weighted by molar-refractivity contribution is 5.59. The summed E-state index contributed by atoms with van der Waals surface area (Å²) < 4.78 is 0. The summed E-state index contributed by atoms with van der Waals surface area (Å²) in [6, 6.07) is 8.49. The van der Waals surface area contributed by atoms with E-state index in [1.807, 2.05) is 0 Å². The van der Waals surface area contributed by atoms with Crippen LogP contribution >= 0.6 is 0 Å². The van der Waals surface area contributed by atoms with Crippen molar-refractivity contribution in [2.75, 3.05) is 11.5 Å². The number of rotatable bonds is 6. The quantitative estimate of drug-likeness (QED) is 0.760. The monoisotopic (exact) mass is 310 g/mol. The molecule has 0 aliphatic rings. The van der Waals surface area contributed by atoms with Gasteiger partial charge in [0.15, 0.2) is 0 Å². The molecule has 0 amide bonds. The summed E-state index contributed by atoms with van der Waals surface area (Å²) in [6.45, 7) is 8.81. The maximum absolute atomic E-state index is 6.26. The molecule has 23 heavy (non-hydrogen) atoms. The third kappa shape index (κ3) is 3.36. The Balaban J connectivity index is 2.64. The fourth-order valence-corrected chi connectivity index (χ4v) is 3.63. The number of nitrogens with two attached hydrogens (primary N) is 2. The van der Waals surface area contributed by atoms with Crippen molar-refractivity contribution in [3.05, 3.63) is 57.6 Å². The first-order chi connectivity index (χ1) is 11.1. The van der Waals surface area contributed by atoms with Gasteiger partial charge in [-0.2, -0.15) is 0 Å². The van der Waals surface area contributed by atoms with E-state index in [-0.39, 0.29) is 0 Å². The largest absolute Gasteiger partial charge is 0.398 e. The summed E-state index contributed by atoms with van der Waals surface area (Å²) in [5, 5.41) is 0. The van der Waals surface area contributed by atoms with Gasteiger partial charge in [0, 0.05) is 11.4 Å². The molecule has 0 saturated heterocycles. The van der Waals surface area contributed by atoms with Crippen LogP contribution in [0.1, 0.15) is 61.1 Å². The van der Waals surface area contributed by atoms with Crippen LogP contribution in [-0.2, 0) is 32.1 Å². The van der Waals surface area contributed by atoms with E-state index in [0.717, 1.165) is 43.5 Å². The maximum Gasteiger partial charge on any atom is 0.0349 e. The van der Waals surface area contributed by atoms with Gasteiger partial charge in [0.25, 0.3) is 0 Å². The highest BCUT2D eigenvalue weighted by Gasteiger charge is 2.15. The maximum atomic E-state index is 6.26. The molecular formula is C21H30N2. The van der Waals surface area contributed by atoms with Crippen LogP contribution in [0.15, 0.2) is 24.3 Å². The second kappa shape index (κ2) is 7.54. The van der Waals surface area contributed by atoms with Gasteiger partial charge in [-0.3, -0.25) is 0 Å². The first-order valence-corrected chi connectivity index (χ1v) is 8.85. The van der Waals surface area contributed by atoms with Gasteiger partial charge >= 0.3 is 0 Å². The van der Waals surface area contributed by atoms with E-state index >= 15 is 0 Å². The van der Waals surface area contributed by atoms with Gasteiger partial charge in [-0.1, -0.05) is 39.8 Å². The van der Waals surface area contributed by atoms with E-state index < -0.39 is 0 Å². The van der Waals surface area contributed by atoms with E-state index in [1.54, 1.807) is 0 Å². The van der Waals surface area contributed by atoms with Crippen LogP contribution in [-0.4, -0.2) is 0 Å². The summed E-state index contributed by atoms with van der Waals surface area (Å²) in [6.07, 6.45) is 4.96. The second-order valence-corrected chi connectivity index (χ2v) is 6.13. The van der Waals surface area contributed by atoms with Crippen LogP contribution in [0.5, 0.6) is 0 Å². The van der Waals surface area contributed by atoms with Crippen molar-refractivity contribution in [2.24, 2.45) is 0 Å². The summed E-state index contributed by atoms with van der Waals surface area (Å²) in [5.74, 6) is 0. The Hall–Kier alpha value is -1.96. The minimum absolute atomic E-state index is 0.916. The molecule has 2 heteroatoms. The zero-order valence-electron chi connectivity index (χ0n) is 15.0. The number of benzene rings is 2. The van der Waals surface area contributed by atoms with E-state index in [2.05, 4.69) is 52.0 Å². The SMILES string of the molecule is CCc1ccc(N)c(CC)c1Cc1c(CC)ccc(N)c1CC. The van der Waals surface area contributed by atoms with Crippen LogP contribution in [0.3, 0.4) is 0 Å². The minimum atomic E-state index is 0.916. The number of anilines is 2. The average molecular weight is 310 g/mol. The predicted octanol–water partition coefficient (Wildman–Crippen LogP) is 4.69. The molecular weight excluding hydrogens is 280 g/mol. The lowest BCUT2D eigenvalue weighted by atomic mass is 9.86. The third-order valence-corrected chi connectivity index (χ3v) is 4.95. The van der Waals surface area contributed by atoms with Gasteiger partial charge in [0.2, 0.25) is 0 Å². The zero-order chi connectivity index (χ0) is 17.0.